The number of benzene rings is 2. The smallest absolute Gasteiger partial charge is 0.416 e. The van der Waals surface area contributed by atoms with Crippen LogP contribution in [-0.2, 0) is 31.5 Å². The van der Waals surface area contributed by atoms with Crippen LogP contribution in [0.4, 0.5) is 49.1 Å². The molecule has 26 heteroatoms. The van der Waals surface area contributed by atoms with Gasteiger partial charge in [-0.25, -0.2) is 0 Å². The van der Waals surface area contributed by atoms with Gasteiger partial charge in [0.25, 0.3) is 11.8 Å². The van der Waals surface area contributed by atoms with Crippen LogP contribution in [0.1, 0.15) is 75.3 Å². The molecule has 0 radical (unpaired) electrons. The lowest BCUT2D eigenvalue weighted by Crippen LogP contribution is -2.36. The Balaban J connectivity index is 1.43. The third-order valence-electron chi connectivity index (χ3n) is 10.5. The van der Waals surface area contributed by atoms with Crippen LogP contribution >= 0.6 is 0 Å². The van der Waals surface area contributed by atoms with Crippen molar-refractivity contribution in [3.8, 4) is 11.5 Å². The number of carbonyl (C=O) groups is 4. The first-order valence-electron chi connectivity index (χ1n) is 21.8. The van der Waals surface area contributed by atoms with E-state index in [0.29, 0.717) is 89.0 Å². The Hall–Kier alpha value is -6.83. The SMILES string of the molecule is NC(N)=NCCCCC(=O)Nc1cc(C(F)(F)F)cc(NC(=O)C2=CC(C(=O)Nc3cc(C(F)(F)F)cc(NC(=O)CCCCN=C(N)N)c3OC3CCNCC3)N=CN2)c1OC1CCNCC1. The molecule has 0 aliphatic carbocycles. The summed E-state index contributed by atoms with van der Waals surface area (Å²) in [4.78, 5) is 65.6. The monoisotopic (exact) mass is 966 g/mol. The molecule has 0 aromatic heterocycles. The van der Waals surface area contributed by atoms with Gasteiger partial charge >= 0.3 is 12.4 Å². The van der Waals surface area contributed by atoms with Gasteiger partial charge in [0.1, 0.15) is 17.9 Å². The van der Waals surface area contributed by atoms with Crippen molar-refractivity contribution in [3.05, 3.63) is 47.2 Å². The molecule has 3 heterocycles. The van der Waals surface area contributed by atoms with E-state index in [4.69, 9.17) is 32.4 Å². The van der Waals surface area contributed by atoms with E-state index < -0.39 is 76.7 Å². The second-order valence-corrected chi connectivity index (χ2v) is 15.9. The van der Waals surface area contributed by atoms with E-state index in [0.717, 1.165) is 12.4 Å². The summed E-state index contributed by atoms with van der Waals surface area (Å²) in [5.74, 6) is -4.21. The van der Waals surface area contributed by atoms with E-state index in [9.17, 15) is 45.5 Å². The molecule has 3 aliphatic heterocycles. The number of hydrogen-bond donors (Lipinski definition) is 11. The van der Waals surface area contributed by atoms with E-state index in [1.807, 2.05) is 0 Å². The lowest BCUT2D eigenvalue weighted by Gasteiger charge is -2.28. The first kappa shape index (κ1) is 52.1. The normalized spacial score (nSPS) is 16.6. The van der Waals surface area contributed by atoms with Crippen LogP contribution in [0.25, 0.3) is 0 Å². The van der Waals surface area contributed by atoms with Crippen LogP contribution in [0.2, 0.25) is 0 Å². The number of nitrogens with two attached hydrogens (primary N) is 4. The number of nitrogens with zero attached hydrogens (tertiary/aromatic N) is 3. The summed E-state index contributed by atoms with van der Waals surface area (Å²) in [5.41, 5.74) is 16.8. The van der Waals surface area contributed by atoms with Crippen molar-refractivity contribution >= 4 is 64.6 Å². The molecule has 1 unspecified atom stereocenters. The maximum absolute atomic E-state index is 14.4. The Morgan fingerprint density at radius 3 is 1.46 bits per heavy atom. The third-order valence-corrected chi connectivity index (χ3v) is 10.5. The number of anilines is 4. The van der Waals surface area contributed by atoms with Gasteiger partial charge in [-0.2, -0.15) is 26.3 Å². The van der Waals surface area contributed by atoms with Crippen LogP contribution in [0.3, 0.4) is 0 Å². The first-order chi connectivity index (χ1) is 32.3. The lowest BCUT2D eigenvalue weighted by molar-refractivity contribution is -0.138. The molecule has 3 aliphatic rings. The quantitative estimate of drug-likeness (QED) is 0.0394. The summed E-state index contributed by atoms with van der Waals surface area (Å²) in [7, 11) is 0. The van der Waals surface area contributed by atoms with Crippen LogP contribution in [-0.4, -0.2) is 99.4 Å². The van der Waals surface area contributed by atoms with Crippen LogP contribution in [0.5, 0.6) is 11.5 Å². The minimum Gasteiger partial charge on any atom is -0.486 e. The van der Waals surface area contributed by atoms with E-state index in [1.165, 1.54) is 0 Å². The Labute approximate surface area is 386 Å². The molecule has 0 bridgehead atoms. The Morgan fingerprint density at radius 1 is 0.632 bits per heavy atom. The first-order valence-corrected chi connectivity index (χ1v) is 21.8. The van der Waals surface area contributed by atoms with Gasteiger partial charge in [0.05, 0.1) is 40.2 Å². The largest absolute Gasteiger partial charge is 0.486 e. The Morgan fingerprint density at radius 2 is 1.04 bits per heavy atom. The Kier molecular flexibility index (Phi) is 18.6. The maximum Gasteiger partial charge on any atom is 0.416 e. The van der Waals surface area contributed by atoms with Crippen molar-refractivity contribution in [2.24, 2.45) is 37.9 Å². The van der Waals surface area contributed by atoms with Gasteiger partial charge in [0.2, 0.25) is 11.8 Å². The topological polar surface area (TPSA) is 312 Å². The second-order valence-electron chi connectivity index (χ2n) is 15.9. The van der Waals surface area contributed by atoms with Crippen molar-refractivity contribution in [3.63, 3.8) is 0 Å². The molecule has 1 atom stereocenters. The predicted molar refractivity (Wildman–Crippen MR) is 243 cm³/mol. The number of carbonyl (C=O) groups excluding carboxylic acids is 4. The molecule has 2 aromatic carbocycles. The average Bonchev–Trinajstić information content (AvgIpc) is 3.27. The minimum atomic E-state index is -4.96. The number of rotatable bonds is 20. The number of guanidine groups is 2. The van der Waals surface area contributed by atoms with E-state index in [-0.39, 0.29) is 79.3 Å². The van der Waals surface area contributed by atoms with Crippen molar-refractivity contribution in [2.75, 3.05) is 60.5 Å². The highest BCUT2D eigenvalue weighted by molar-refractivity contribution is 6.09. The van der Waals surface area contributed by atoms with Crippen molar-refractivity contribution < 1.29 is 55.0 Å². The van der Waals surface area contributed by atoms with Gasteiger partial charge in [-0.1, -0.05) is 0 Å². The van der Waals surface area contributed by atoms with E-state index in [2.05, 4.69) is 52.2 Å². The number of amides is 4. The number of unbranched alkanes of at least 4 members (excludes halogenated alkanes) is 2. The summed E-state index contributed by atoms with van der Waals surface area (Å²) < 4.78 is 98.6. The summed E-state index contributed by atoms with van der Waals surface area (Å²) in [6.45, 7) is 2.54. The second kappa shape index (κ2) is 24.3. The molecule has 2 fully saturated rings. The molecule has 0 spiro atoms. The highest BCUT2D eigenvalue weighted by Gasteiger charge is 2.36. The number of aliphatic imine (C=N–C) groups is 3. The molecule has 2 aromatic rings. The fourth-order valence-electron chi connectivity index (χ4n) is 7.12. The van der Waals surface area contributed by atoms with Crippen LogP contribution in [0.15, 0.2) is 51.0 Å². The molecule has 15 N–H and O–H groups in total. The van der Waals surface area contributed by atoms with Crippen LogP contribution < -0.4 is 69.6 Å². The molecular weight excluding hydrogens is 911 g/mol. The van der Waals surface area contributed by atoms with Crippen molar-refractivity contribution in [1.29, 1.82) is 0 Å². The number of ether oxygens (including phenoxy) is 2. The standard InChI is InChI=1S/C42H56F6N14O6/c43-41(44,45)23-17-27(59-33(63)5-1-3-11-55-39(49)50)35(67-25-7-13-53-14-8-25)29(19-23)61-37(65)31-21-32(58-22-57-31)38(66)62-30-20-24(42(46,47)48)18-28(36(30)68-26-9-15-54-16-10-26)60-34(64)6-2-4-12-56-40(51)52/h17-22,25-26,31,53-54H,1-16H2,(H,57,58)(H,59,63)(H,60,64)(H,61,65)(H,62,66)(H4,49,50,55)(H4,51,52,56). The predicted octanol–water partition coefficient (Wildman–Crippen LogP) is 3.21. The number of nitrogens with one attached hydrogen (secondary N) is 7. The fraction of sp³-hybridized carbons (Fsp3) is 0.500. The zero-order chi connectivity index (χ0) is 49.4. The molecular formula is C42H56F6N14O6. The van der Waals surface area contributed by atoms with E-state index >= 15 is 0 Å². The molecule has 0 saturated carbocycles. The summed E-state index contributed by atoms with van der Waals surface area (Å²) in [5, 5.41) is 18.6. The van der Waals surface area contributed by atoms with Gasteiger partial charge in [-0.05, 0) is 108 Å². The van der Waals surface area contributed by atoms with Crippen LogP contribution in [0, 0.1) is 0 Å². The maximum atomic E-state index is 14.4. The van der Waals surface area contributed by atoms with Gasteiger partial charge in [-0.3, -0.25) is 34.2 Å². The summed E-state index contributed by atoms with van der Waals surface area (Å²) in [6, 6.07) is 1.08. The lowest BCUT2D eigenvalue weighted by atomic mass is 10.1. The minimum absolute atomic E-state index is 0.116. The highest BCUT2D eigenvalue weighted by atomic mass is 19.4. The van der Waals surface area contributed by atoms with Gasteiger partial charge in [-0.15, -0.1) is 0 Å². The number of hydrogen-bond acceptors (Lipinski definition) is 12. The molecule has 68 heavy (non-hydrogen) atoms. The average molecular weight is 967 g/mol. The van der Waals surface area contributed by atoms with Crippen molar-refractivity contribution in [2.45, 2.75) is 94.8 Å². The molecule has 5 rings (SSSR count). The van der Waals surface area contributed by atoms with Crippen molar-refractivity contribution in [1.82, 2.24) is 16.0 Å². The van der Waals surface area contributed by atoms with Gasteiger partial charge < -0.3 is 69.6 Å². The molecule has 2 saturated heterocycles. The number of alkyl halides is 6. The van der Waals surface area contributed by atoms with Gasteiger partial charge in [0, 0.05) is 25.9 Å². The summed E-state index contributed by atoms with van der Waals surface area (Å²) >= 11 is 0. The molecule has 20 nitrogen and oxygen atoms in total. The Bertz CT molecular complexity index is 2230. The zero-order valence-corrected chi connectivity index (χ0v) is 36.9. The van der Waals surface area contributed by atoms with Gasteiger partial charge in [0.15, 0.2) is 29.5 Å². The third kappa shape index (κ3) is 16.2. The molecule has 4 amide bonds. The fourth-order valence-corrected chi connectivity index (χ4v) is 7.12. The number of halogens is 6. The number of piperidine rings is 2. The highest BCUT2D eigenvalue weighted by Crippen LogP contribution is 2.44. The summed E-state index contributed by atoms with van der Waals surface area (Å²) in [6.07, 6.45) is -6.10. The molecule has 372 valence electrons. The zero-order valence-electron chi connectivity index (χ0n) is 36.9. The van der Waals surface area contributed by atoms with E-state index in [1.54, 1.807) is 0 Å².